The molecule has 0 aromatic carbocycles. The summed E-state index contributed by atoms with van der Waals surface area (Å²) in [6.07, 6.45) is 0. The molecule has 1 rings (SSSR count). The van der Waals surface area contributed by atoms with E-state index in [1.54, 1.807) is 18.2 Å². The molecule has 3 N–H and O–H groups in total. The second-order valence-electron chi connectivity index (χ2n) is 2.73. The van der Waals surface area contributed by atoms with E-state index in [9.17, 15) is 4.79 Å². The van der Waals surface area contributed by atoms with Crippen LogP contribution in [0.25, 0.3) is 0 Å². The Morgan fingerprint density at radius 3 is 3.00 bits per heavy atom. The molecule has 0 amide bonds. The lowest BCUT2D eigenvalue weighted by Gasteiger charge is -2.06. The molecule has 1 heterocycles. The van der Waals surface area contributed by atoms with Gasteiger partial charge in [-0.3, -0.25) is 5.43 Å². The lowest BCUT2D eigenvalue weighted by Crippen LogP contribution is -2.30. The molecule has 0 saturated carbocycles. The number of hydrogen-bond donors (Lipinski definition) is 2. The van der Waals surface area contributed by atoms with Crippen molar-refractivity contribution < 1.29 is 14.3 Å². The molecule has 0 spiro atoms. The number of carbonyl (C=O) groups excluding carboxylic acids is 1. The van der Waals surface area contributed by atoms with E-state index in [1.807, 2.05) is 0 Å². The number of hydrazine groups is 1. The van der Waals surface area contributed by atoms with E-state index in [2.05, 4.69) is 27.4 Å². The van der Waals surface area contributed by atoms with Gasteiger partial charge in [-0.1, -0.05) is 6.07 Å². The number of carbonyl (C=O) groups is 1. The number of rotatable bonds is 3. The Balaban J connectivity index is 2.67. The van der Waals surface area contributed by atoms with Crippen molar-refractivity contribution in [2.24, 2.45) is 5.84 Å². The number of nitrogens with one attached hydrogen (secondary N) is 1. The molecular formula is C9H11N3O3S. The number of hydrogen-bond acceptors (Lipinski definition) is 6. The number of nitrogens with two attached hydrogens (primary N) is 1. The third kappa shape index (κ3) is 3.44. The Labute approximate surface area is 97.7 Å². The highest BCUT2D eigenvalue weighted by atomic mass is 32.1. The van der Waals surface area contributed by atoms with Crippen molar-refractivity contribution in [1.29, 1.82) is 0 Å². The van der Waals surface area contributed by atoms with Gasteiger partial charge in [-0.2, -0.15) is 0 Å². The highest BCUT2D eigenvalue weighted by Gasteiger charge is 2.07. The van der Waals surface area contributed by atoms with Gasteiger partial charge in [-0.15, -0.1) is 0 Å². The van der Waals surface area contributed by atoms with Crippen molar-refractivity contribution in [3.05, 3.63) is 29.6 Å². The second kappa shape index (κ2) is 5.99. The Kier molecular flexibility index (Phi) is 4.62. The Bertz CT molecular complexity index is 397. The number of ether oxygens (including phenoxy) is 2. The zero-order valence-corrected chi connectivity index (χ0v) is 9.41. The van der Waals surface area contributed by atoms with Gasteiger partial charge in [0.2, 0.25) is 0 Å². The van der Waals surface area contributed by atoms with Gasteiger partial charge in [0.25, 0.3) is 5.17 Å². The average molecular weight is 241 g/mol. The molecule has 16 heavy (non-hydrogen) atoms. The first-order valence-corrected chi connectivity index (χ1v) is 4.76. The fourth-order valence-corrected chi connectivity index (χ4v) is 1.02. The summed E-state index contributed by atoms with van der Waals surface area (Å²) in [6, 6.07) is 4.93. The van der Waals surface area contributed by atoms with Gasteiger partial charge in [0, 0.05) is 0 Å². The summed E-state index contributed by atoms with van der Waals surface area (Å²) in [7, 11) is 1.29. The minimum absolute atomic E-state index is 0.0604. The van der Waals surface area contributed by atoms with Crippen LogP contribution in [-0.2, 0) is 16.1 Å². The highest BCUT2D eigenvalue weighted by Crippen LogP contribution is 2.02. The molecule has 0 aliphatic rings. The normalized spacial score (nSPS) is 9.38. The summed E-state index contributed by atoms with van der Waals surface area (Å²) >= 11 is 4.68. The van der Waals surface area contributed by atoms with E-state index >= 15 is 0 Å². The van der Waals surface area contributed by atoms with Crippen LogP contribution in [-0.4, -0.2) is 23.2 Å². The van der Waals surface area contributed by atoms with E-state index in [-0.39, 0.29) is 17.5 Å². The molecule has 0 aliphatic carbocycles. The lowest BCUT2D eigenvalue weighted by molar-refractivity contribution is 0.0593. The van der Waals surface area contributed by atoms with Crippen LogP contribution in [0.5, 0.6) is 0 Å². The van der Waals surface area contributed by atoms with Crippen LogP contribution >= 0.6 is 12.2 Å². The van der Waals surface area contributed by atoms with E-state index in [4.69, 9.17) is 10.6 Å². The van der Waals surface area contributed by atoms with Crippen LogP contribution in [0.2, 0.25) is 0 Å². The maximum Gasteiger partial charge on any atom is 0.356 e. The van der Waals surface area contributed by atoms with Gasteiger partial charge in [-0.25, -0.2) is 15.6 Å². The molecule has 1 aromatic heterocycles. The summed E-state index contributed by atoms with van der Waals surface area (Å²) in [5.41, 5.74) is 2.95. The smallest absolute Gasteiger partial charge is 0.356 e. The zero-order chi connectivity index (χ0) is 12.0. The summed E-state index contributed by atoms with van der Waals surface area (Å²) in [5.74, 6) is 4.53. The van der Waals surface area contributed by atoms with Crippen molar-refractivity contribution >= 4 is 23.4 Å². The quantitative estimate of drug-likeness (QED) is 0.337. The summed E-state index contributed by atoms with van der Waals surface area (Å²) in [5, 5.41) is 0.0604. The number of thiocarbonyl (C=S) groups is 1. The van der Waals surface area contributed by atoms with Crippen LogP contribution < -0.4 is 11.3 Å². The van der Waals surface area contributed by atoms with E-state index in [1.165, 1.54) is 7.11 Å². The third-order valence-corrected chi connectivity index (χ3v) is 1.91. The molecule has 0 atom stereocenters. The van der Waals surface area contributed by atoms with Crippen molar-refractivity contribution in [1.82, 2.24) is 10.4 Å². The standard InChI is InChI=1S/C9H11N3O3S/c1-14-8(13)7-4-2-3-6(11-7)5-15-9(16)12-10/h2-4H,5,10H2,1H3,(H,12,16). The summed E-state index contributed by atoms with van der Waals surface area (Å²) in [4.78, 5) is 15.2. The largest absolute Gasteiger partial charge is 0.464 e. The fourth-order valence-electron chi connectivity index (χ4n) is 0.959. The average Bonchev–Trinajstić information content (AvgIpc) is 2.35. The molecule has 0 aliphatic heterocycles. The third-order valence-electron chi connectivity index (χ3n) is 1.67. The minimum Gasteiger partial charge on any atom is -0.464 e. The van der Waals surface area contributed by atoms with Gasteiger partial charge in [0.1, 0.15) is 12.3 Å². The predicted octanol–water partition coefficient (Wildman–Crippen LogP) is 0.133. The molecule has 0 bridgehead atoms. The summed E-state index contributed by atoms with van der Waals surface area (Å²) < 4.78 is 9.56. The fraction of sp³-hybridized carbons (Fsp3) is 0.222. The lowest BCUT2D eigenvalue weighted by atomic mass is 10.3. The highest BCUT2D eigenvalue weighted by molar-refractivity contribution is 7.80. The predicted molar refractivity (Wildman–Crippen MR) is 60.3 cm³/mol. The van der Waals surface area contributed by atoms with E-state index in [0.717, 1.165) is 0 Å². The number of pyridine rings is 1. The first-order chi connectivity index (χ1) is 7.67. The van der Waals surface area contributed by atoms with Gasteiger partial charge in [0.05, 0.1) is 12.8 Å². The SMILES string of the molecule is COC(=O)c1cccc(COC(=S)NN)n1. The van der Waals surface area contributed by atoms with Crippen molar-refractivity contribution in [3.8, 4) is 0 Å². The first kappa shape index (κ1) is 12.3. The van der Waals surface area contributed by atoms with Crippen LogP contribution in [0.3, 0.4) is 0 Å². The Hall–Kier alpha value is -1.73. The molecular weight excluding hydrogens is 230 g/mol. The monoisotopic (exact) mass is 241 g/mol. The number of esters is 1. The van der Waals surface area contributed by atoms with E-state index in [0.29, 0.717) is 5.69 Å². The van der Waals surface area contributed by atoms with Crippen molar-refractivity contribution in [3.63, 3.8) is 0 Å². The Morgan fingerprint density at radius 1 is 1.62 bits per heavy atom. The van der Waals surface area contributed by atoms with Crippen LogP contribution in [0.15, 0.2) is 18.2 Å². The first-order valence-electron chi connectivity index (χ1n) is 4.35. The molecule has 7 heteroatoms. The zero-order valence-electron chi connectivity index (χ0n) is 8.60. The maximum atomic E-state index is 11.2. The van der Waals surface area contributed by atoms with Crippen LogP contribution in [0.4, 0.5) is 0 Å². The van der Waals surface area contributed by atoms with Gasteiger partial charge in [0.15, 0.2) is 0 Å². The van der Waals surface area contributed by atoms with Gasteiger partial charge < -0.3 is 9.47 Å². The maximum absolute atomic E-state index is 11.2. The molecule has 0 fully saturated rings. The van der Waals surface area contributed by atoms with Gasteiger partial charge >= 0.3 is 5.97 Å². The number of nitrogens with zero attached hydrogens (tertiary/aromatic N) is 1. The molecule has 0 radical (unpaired) electrons. The van der Waals surface area contributed by atoms with Gasteiger partial charge in [-0.05, 0) is 24.4 Å². The Morgan fingerprint density at radius 2 is 2.38 bits per heavy atom. The van der Waals surface area contributed by atoms with Crippen molar-refractivity contribution in [2.45, 2.75) is 6.61 Å². The van der Waals surface area contributed by atoms with E-state index < -0.39 is 5.97 Å². The van der Waals surface area contributed by atoms with Crippen molar-refractivity contribution in [2.75, 3.05) is 7.11 Å². The van der Waals surface area contributed by atoms with Crippen LogP contribution in [0.1, 0.15) is 16.2 Å². The molecule has 1 aromatic rings. The second-order valence-corrected chi connectivity index (χ2v) is 3.10. The van der Waals surface area contributed by atoms with Crippen LogP contribution in [0, 0.1) is 0 Å². The topological polar surface area (TPSA) is 86.5 Å². The molecule has 0 unspecified atom stereocenters. The molecule has 6 nitrogen and oxygen atoms in total. The number of aromatic nitrogens is 1. The minimum atomic E-state index is -0.499. The summed E-state index contributed by atoms with van der Waals surface area (Å²) in [6.45, 7) is 0.133. The molecule has 0 saturated heterocycles. The molecule has 86 valence electrons. The number of methoxy groups -OCH3 is 1.